The molecule has 0 saturated heterocycles. The van der Waals surface area contributed by atoms with E-state index < -0.39 is 11.6 Å². The van der Waals surface area contributed by atoms with Crippen molar-refractivity contribution in [2.24, 2.45) is 0 Å². The normalized spacial score (nSPS) is 9.21. The zero-order valence-corrected chi connectivity index (χ0v) is 7.37. The molecule has 14 heavy (non-hydrogen) atoms. The second kappa shape index (κ2) is 3.79. The predicted molar refractivity (Wildman–Crippen MR) is 46.5 cm³/mol. The van der Waals surface area contributed by atoms with E-state index in [0.717, 1.165) is 6.07 Å². The topological polar surface area (TPSA) is 57.9 Å². The van der Waals surface area contributed by atoms with Crippen molar-refractivity contribution in [2.45, 2.75) is 6.92 Å². The Balaban J connectivity index is 3.53. The largest absolute Gasteiger partial charge is 0.298 e. The maximum atomic E-state index is 13.1. The van der Waals surface area contributed by atoms with Crippen LogP contribution in [0, 0.1) is 17.1 Å². The van der Waals surface area contributed by atoms with E-state index in [1.807, 2.05) is 0 Å². The number of hydrogen-bond acceptors (Lipinski definition) is 3. The molecule has 0 aliphatic heterocycles. The van der Waals surface area contributed by atoms with Gasteiger partial charge in [-0.1, -0.05) is 0 Å². The van der Waals surface area contributed by atoms with E-state index in [0.29, 0.717) is 6.29 Å². The summed E-state index contributed by atoms with van der Waals surface area (Å²) in [6, 6.07) is 3.72. The van der Waals surface area contributed by atoms with Crippen LogP contribution in [0.1, 0.15) is 33.2 Å². The van der Waals surface area contributed by atoms with Gasteiger partial charge in [0.25, 0.3) is 0 Å². The first-order valence-electron chi connectivity index (χ1n) is 3.80. The first-order valence-corrected chi connectivity index (χ1v) is 3.80. The molecule has 0 aliphatic carbocycles. The van der Waals surface area contributed by atoms with Crippen LogP contribution in [0.5, 0.6) is 0 Å². The lowest BCUT2D eigenvalue weighted by Gasteiger charge is -2.01. The number of hydrogen-bond donors (Lipinski definition) is 0. The molecule has 0 atom stereocenters. The van der Waals surface area contributed by atoms with E-state index in [4.69, 9.17) is 5.26 Å². The summed E-state index contributed by atoms with van der Waals surface area (Å²) < 4.78 is 13.1. The van der Waals surface area contributed by atoms with Crippen molar-refractivity contribution < 1.29 is 14.0 Å². The Hall–Kier alpha value is -2.02. The maximum absolute atomic E-state index is 13.1. The molecule has 4 heteroatoms. The second-order valence-corrected chi connectivity index (χ2v) is 2.71. The van der Waals surface area contributed by atoms with Crippen LogP contribution >= 0.6 is 0 Å². The van der Waals surface area contributed by atoms with Crippen molar-refractivity contribution in [3.63, 3.8) is 0 Å². The number of rotatable bonds is 2. The van der Waals surface area contributed by atoms with Crippen molar-refractivity contribution in [2.75, 3.05) is 0 Å². The summed E-state index contributed by atoms with van der Waals surface area (Å²) in [5, 5.41) is 8.58. The number of benzene rings is 1. The molecule has 0 heterocycles. The van der Waals surface area contributed by atoms with Crippen LogP contribution in [0.3, 0.4) is 0 Å². The fraction of sp³-hybridized carbons (Fsp3) is 0.100. The summed E-state index contributed by atoms with van der Waals surface area (Å²) in [6.07, 6.45) is 0.427. The number of carbonyl (C=O) groups excluding carboxylic acids is 2. The molecule has 1 aromatic carbocycles. The third-order valence-electron chi connectivity index (χ3n) is 1.74. The lowest BCUT2D eigenvalue weighted by molar-refractivity contribution is 0.101. The average molecular weight is 191 g/mol. The van der Waals surface area contributed by atoms with Gasteiger partial charge in [-0.3, -0.25) is 9.59 Å². The highest BCUT2D eigenvalue weighted by Crippen LogP contribution is 2.15. The van der Waals surface area contributed by atoms with Gasteiger partial charge in [-0.15, -0.1) is 0 Å². The lowest BCUT2D eigenvalue weighted by atomic mass is 10.0. The zero-order valence-electron chi connectivity index (χ0n) is 7.37. The quantitative estimate of drug-likeness (QED) is 0.528. The van der Waals surface area contributed by atoms with Crippen LogP contribution in [0.25, 0.3) is 0 Å². The maximum Gasteiger partial charge on any atom is 0.161 e. The zero-order chi connectivity index (χ0) is 10.7. The molecule has 0 fully saturated rings. The molecule has 1 rings (SSSR count). The smallest absolute Gasteiger partial charge is 0.161 e. The molecular weight excluding hydrogens is 185 g/mol. The van der Waals surface area contributed by atoms with Gasteiger partial charge in [0.2, 0.25) is 0 Å². The SMILES string of the molecule is CC(=O)c1cc(C=O)cc(F)c1C#N. The third kappa shape index (κ3) is 1.67. The average Bonchev–Trinajstić information content (AvgIpc) is 2.16. The number of Topliss-reactive ketones (excluding diaryl/α,β-unsaturated/α-hetero) is 1. The molecule has 0 aromatic heterocycles. The Bertz CT molecular complexity index is 446. The second-order valence-electron chi connectivity index (χ2n) is 2.71. The molecule has 0 unspecified atom stereocenters. The Morgan fingerprint density at radius 3 is 2.64 bits per heavy atom. The molecule has 0 saturated carbocycles. The van der Waals surface area contributed by atoms with Gasteiger partial charge >= 0.3 is 0 Å². The summed E-state index contributed by atoms with van der Waals surface area (Å²) in [5.41, 5.74) is -0.329. The number of nitrogens with zero attached hydrogens (tertiary/aromatic N) is 1. The number of halogens is 1. The third-order valence-corrected chi connectivity index (χ3v) is 1.74. The highest BCUT2D eigenvalue weighted by Gasteiger charge is 2.13. The van der Waals surface area contributed by atoms with E-state index in [-0.39, 0.29) is 16.7 Å². The van der Waals surface area contributed by atoms with Gasteiger partial charge in [-0.2, -0.15) is 5.26 Å². The number of nitriles is 1. The van der Waals surface area contributed by atoms with Crippen LogP contribution < -0.4 is 0 Å². The van der Waals surface area contributed by atoms with Crippen LogP contribution in [-0.4, -0.2) is 12.1 Å². The first-order chi connectivity index (χ1) is 6.60. The summed E-state index contributed by atoms with van der Waals surface area (Å²) in [4.78, 5) is 21.4. The molecule has 3 nitrogen and oxygen atoms in total. The number of carbonyl (C=O) groups is 2. The molecule has 0 radical (unpaired) electrons. The Morgan fingerprint density at radius 1 is 1.57 bits per heavy atom. The van der Waals surface area contributed by atoms with Crippen molar-refractivity contribution in [1.29, 1.82) is 5.26 Å². The molecule has 0 spiro atoms. The van der Waals surface area contributed by atoms with Crippen molar-refractivity contribution in [3.05, 3.63) is 34.6 Å². The van der Waals surface area contributed by atoms with Gasteiger partial charge in [0, 0.05) is 11.1 Å². The van der Waals surface area contributed by atoms with Crippen LogP contribution in [-0.2, 0) is 0 Å². The minimum atomic E-state index is -0.845. The fourth-order valence-corrected chi connectivity index (χ4v) is 1.09. The van der Waals surface area contributed by atoms with Gasteiger partial charge in [-0.05, 0) is 19.1 Å². The number of ketones is 1. The van der Waals surface area contributed by atoms with Gasteiger partial charge in [-0.25, -0.2) is 4.39 Å². The Morgan fingerprint density at radius 2 is 2.21 bits per heavy atom. The predicted octanol–water partition coefficient (Wildman–Crippen LogP) is 1.71. The van der Waals surface area contributed by atoms with E-state index in [2.05, 4.69) is 0 Å². The molecule has 0 aliphatic rings. The monoisotopic (exact) mass is 191 g/mol. The molecule has 0 N–H and O–H groups in total. The van der Waals surface area contributed by atoms with E-state index in [9.17, 15) is 14.0 Å². The van der Waals surface area contributed by atoms with E-state index in [1.165, 1.54) is 13.0 Å². The van der Waals surface area contributed by atoms with Gasteiger partial charge < -0.3 is 0 Å². The minimum absolute atomic E-state index is 0.0479. The molecule has 0 bridgehead atoms. The fourth-order valence-electron chi connectivity index (χ4n) is 1.09. The van der Waals surface area contributed by atoms with Crippen molar-refractivity contribution >= 4 is 12.1 Å². The summed E-state index contributed by atoms with van der Waals surface area (Å²) in [5.74, 6) is -1.29. The summed E-state index contributed by atoms with van der Waals surface area (Å²) >= 11 is 0. The number of aldehydes is 1. The molecular formula is C10H6FNO2. The van der Waals surface area contributed by atoms with Crippen molar-refractivity contribution in [1.82, 2.24) is 0 Å². The van der Waals surface area contributed by atoms with Crippen LogP contribution in [0.15, 0.2) is 12.1 Å². The molecule has 70 valence electrons. The Kier molecular flexibility index (Phi) is 2.73. The van der Waals surface area contributed by atoms with Crippen molar-refractivity contribution in [3.8, 4) is 6.07 Å². The highest BCUT2D eigenvalue weighted by molar-refractivity contribution is 5.98. The summed E-state index contributed by atoms with van der Waals surface area (Å²) in [6.45, 7) is 1.21. The standard InChI is InChI=1S/C10H6FNO2/c1-6(14)8-2-7(5-13)3-10(11)9(8)4-12/h2-3,5H,1H3. The van der Waals surface area contributed by atoms with E-state index >= 15 is 0 Å². The van der Waals surface area contributed by atoms with E-state index in [1.54, 1.807) is 6.07 Å². The highest BCUT2D eigenvalue weighted by atomic mass is 19.1. The van der Waals surface area contributed by atoms with Gasteiger partial charge in [0.05, 0.1) is 5.56 Å². The Labute approximate surface area is 79.8 Å². The first kappa shape index (κ1) is 10.1. The van der Waals surface area contributed by atoms with Crippen LogP contribution in [0.4, 0.5) is 4.39 Å². The minimum Gasteiger partial charge on any atom is -0.298 e. The lowest BCUT2D eigenvalue weighted by Crippen LogP contribution is -2.01. The van der Waals surface area contributed by atoms with Gasteiger partial charge in [0.1, 0.15) is 18.2 Å². The van der Waals surface area contributed by atoms with Crippen LogP contribution in [0.2, 0.25) is 0 Å². The van der Waals surface area contributed by atoms with Gasteiger partial charge in [0.15, 0.2) is 5.78 Å². The molecule has 0 amide bonds. The summed E-state index contributed by atoms with van der Waals surface area (Å²) in [7, 11) is 0. The molecule has 1 aromatic rings.